The SMILES string of the molecule is CCC(C)Oc1ccc(C(=O)Nc2ccc(N3C(=O)c4ccccc4C3=O)cc2Cl)cc1. The molecule has 1 heterocycles. The van der Waals surface area contributed by atoms with E-state index in [-0.39, 0.29) is 17.0 Å². The van der Waals surface area contributed by atoms with E-state index in [2.05, 4.69) is 5.32 Å². The number of amides is 3. The highest BCUT2D eigenvalue weighted by atomic mass is 35.5. The van der Waals surface area contributed by atoms with Gasteiger partial charge in [-0.25, -0.2) is 4.90 Å². The summed E-state index contributed by atoms with van der Waals surface area (Å²) in [6.45, 7) is 4.02. The number of halogens is 1. The van der Waals surface area contributed by atoms with Crippen LogP contribution in [0.25, 0.3) is 0 Å². The molecular weight excluding hydrogens is 428 g/mol. The third kappa shape index (κ3) is 4.09. The van der Waals surface area contributed by atoms with Crippen LogP contribution in [0.5, 0.6) is 5.75 Å². The maximum absolute atomic E-state index is 12.7. The van der Waals surface area contributed by atoms with Gasteiger partial charge in [0.25, 0.3) is 17.7 Å². The van der Waals surface area contributed by atoms with Crippen LogP contribution in [0.3, 0.4) is 0 Å². The van der Waals surface area contributed by atoms with Crippen molar-refractivity contribution in [3.8, 4) is 5.75 Å². The maximum atomic E-state index is 12.7. The molecule has 0 aromatic heterocycles. The normalized spacial score (nSPS) is 13.7. The lowest BCUT2D eigenvalue weighted by atomic mass is 10.1. The Morgan fingerprint density at radius 2 is 1.62 bits per heavy atom. The molecule has 0 spiro atoms. The molecule has 0 fully saturated rings. The van der Waals surface area contributed by atoms with Gasteiger partial charge in [0.1, 0.15) is 5.75 Å². The Bertz CT molecular complexity index is 1170. The van der Waals surface area contributed by atoms with Crippen LogP contribution in [0.1, 0.15) is 51.3 Å². The van der Waals surface area contributed by atoms with E-state index in [1.807, 2.05) is 13.8 Å². The average Bonchev–Trinajstić information content (AvgIpc) is 3.06. The lowest BCUT2D eigenvalue weighted by Crippen LogP contribution is -2.29. The van der Waals surface area contributed by atoms with E-state index in [0.717, 1.165) is 11.3 Å². The molecule has 162 valence electrons. The highest BCUT2D eigenvalue weighted by molar-refractivity contribution is 6.37. The summed E-state index contributed by atoms with van der Waals surface area (Å²) in [5.74, 6) is -0.453. The largest absolute Gasteiger partial charge is 0.491 e. The van der Waals surface area contributed by atoms with Crippen LogP contribution in [-0.4, -0.2) is 23.8 Å². The molecule has 1 aliphatic heterocycles. The number of hydrogen-bond donors (Lipinski definition) is 1. The van der Waals surface area contributed by atoms with E-state index >= 15 is 0 Å². The van der Waals surface area contributed by atoms with E-state index in [1.165, 1.54) is 6.07 Å². The molecule has 4 rings (SSSR count). The summed E-state index contributed by atoms with van der Waals surface area (Å²) in [5.41, 5.74) is 1.86. The predicted molar refractivity (Wildman–Crippen MR) is 124 cm³/mol. The molecule has 0 aliphatic carbocycles. The number of ether oxygens (including phenoxy) is 1. The molecule has 3 aromatic carbocycles. The van der Waals surface area contributed by atoms with E-state index in [4.69, 9.17) is 16.3 Å². The van der Waals surface area contributed by atoms with Gasteiger partial charge < -0.3 is 10.1 Å². The fourth-order valence-electron chi connectivity index (χ4n) is 3.36. The Labute approximate surface area is 190 Å². The second-order valence-electron chi connectivity index (χ2n) is 7.47. The molecule has 1 unspecified atom stereocenters. The number of rotatable bonds is 6. The van der Waals surface area contributed by atoms with E-state index < -0.39 is 11.8 Å². The molecule has 0 saturated heterocycles. The Hall–Kier alpha value is -3.64. The number of anilines is 2. The number of hydrogen-bond acceptors (Lipinski definition) is 4. The molecule has 3 amide bonds. The number of imide groups is 1. The highest BCUT2D eigenvalue weighted by Gasteiger charge is 2.36. The van der Waals surface area contributed by atoms with Gasteiger partial charge in [-0.1, -0.05) is 30.7 Å². The van der Waals surface area contributed by atoms with Gasteiger partial charge in [0, 0.05) is 5.56 Å². The standard InChI is InChI=1S/C25H21ClN2O4/c1-3-15(2)32-18-11-8-16(9-12-18)23(29)27-22-13-10-17(14-21(22)26)28-24(30)19-6-4-5-7-20(19)25(28)31/h4-15H,3H2,1-2H3,(H,27,29). The summed E-state index contributed by atoms with van der Waals surface area (Å²) in [5, 5.41) is 2.97. The molecule has 1 atom stereocenters. The number of nitrogens with one attached hydrogen (secondary N) is 1. The first-order valence-electron chi connectivity index (χ1n) is 10.2. The van der Waals surface area contributed by atoms with Crippen molar-refractivity contribution < 1.29 is 19.1 Å². The van der Waals surface area contributed by atoms with Crippen LogP contribution in [0.2, 0.25) is 5.02 Å². The number of carbonyl (C=O) groups excluding carboxylic acids is 3. The molecule has 3 aromatic rings. The highest BCUT2D eigenvalue weighted by Crippen LogP contribution is 2.33. The van der Waals surface area contributed by atoms with Gasteiger partial charge in [0.05, 0.1) is 33.6 Å². The molecule has 32 heavy (non-hydrogen) atoms. The van der Waals surface area contributed by atoms with E-state index in [0.29, 0.717) is 33.8 Å². The third-order valence-corrected chi connectivity index (χ3v) is 5.59. The summed E-state index contributed by atoms with van der Waals surface area (Å²) in [4.78, 5) is 39.0. The second-order valence-corrected chi connectivity index (χ2v) is 7.88. The van der Waals surface area contributed by atoms with Gasteiger partial charge >= 0.3 is 0 Å². The van der Waals surface area contributed by atoms with Crippen LogP contribution in [0.15, 0.2) is 66.7 Å². The zero-order chi connectivity index (χ0) is 22.8. The van der Waals surface area contributed by atoms with Crippen molar-refractivity contribution in [3.05, 3.63) is 88.4 Å². The van der Waals surface area contributed by atoms with Crippen LogP contribution < -0.4 is 15.0 Å². The molecule has 0 bridgehead atoms. The van der Waals surface area contributed by atoms with Gasteiger partial charge in [-0.05, 0) is 67.9 Å². The van der Waals surface area contributed by atoms with Crippen molar-refractivity contribution in [1.82, 2.24) is 0 Å². The molecular formula is C25H21ClN2O4. The third-order valence-electron chi connectivity index (χ3n) is 5.28. The topological polar surface area (TPSA) is 75.7 Å². The zero-order valence-corrected chi connectivity index (χ0v) is 18.3. The van der Waals surface area contributed by atoms with Crippen molar-refractivity contribution in [3.63, 3.8) is 0 Å². The first kappa shape index (κ1) is 21.6. The fraction of sp³-hybridized carbons (Fsp3) is 0.160. The van der Waals surface area contributed by atoms with Crippen molar-refractivity contribution >= 4 is 40.7 Å². The molecule has 0 saturated carbocycles. The van der Waals surface area contributed by atoms with Crippen molar-refractivity contribution in [1.29, 1.82) is 0 Å². The minimum Gasteiger partial charge on any atom is -0.491 e. The Morgan fingerprint density at radius 1 is 1.00 bits per heavy atom. The molecule has 7 heteroatoms. The molecule has 1 N–H and O–H groups in total. The van der Waals surface area contributed by atoms with E-state index in [1.54, 1.807) is 60.7 Å². The van der Waals surface area contributed by atoms with Crippen molar-refractivity contribution in [2.24, 2.45) is 0 Å². The van der Waals surface area contributed by atoms with Gasteiger partial charge in [-0.15, -0.1) is 0 Å². The second kappa shape index (κ2) is 8.85. The number of benzene rings is 3. The molecule has 1 aliphatic rings. The summed E-state index contributed by atoms with van der Waals surface area (Å²) >= 11 is 6.36. The van der Waals surface area contributed by atoms with E-state index in [9.17, 15) is 14.4 Å². The lowest BCUT2D eigenvalue weighted by molar-refractivity contribution is 0.0924. The Balaban J connectivity index is 1.49. The molecule has 0 radical (unpaired) electrons. The van der Waals surface area contributed by atoms with Crippen LogP contribution in [0, 0.1) is 0 Å². The first-order chi connectivity index (χ1) is 15.4. The minimum absolute atomic E-state index is 0.0918. The smallest absolute Gasteiger partial charge is 0.266 e. The number of carbonyl (C=O) groups is 3. The maximum Gasteiger partial charge on any atom is 0.266 e. The predicted octanol–water partition coefficient (Wildman–Crippen LogP) is 5.57. The van der Waals surface area contributed by atoms with Crippen LogP contribution >= 0.6 is 11.6 Å². The average molecular weight is 449 g/mol. The van der Waals surface area contributed by atoms with Crippen molar-refractivity contribution in [2.45, 2.75) is 26.4 Å². The van der Waals surface area contributed by atoms with Gasteiger partial charge in [0.2, 0.25) is 0 Å². The Kier molecular flexibility index (Phi) is 5.97. The summed E-state index contributed by atoms with van der Waals surface area (Å²) in [6.07, 6.45) is 0.978. The lowest BCUT2D eigenvalue weighted by Gasteiger charge is -2.16. The zero-order valence-electron chi connectivity index (χ0n) is 17.6. The van der Waals surface area contributed by atoms with Gasteiger partial charge in [-0.3, -0.25) is 14.4 Å². The van der Waals surface area contributed by atoms with Gasteiger partial charge in [-0.2, -0.15) is 0 Å². The number of nitrogens with zero attached hydrogens (tertiary/aromatic N) is 1. The monoisotopic (exact) mass is 448 g/mol. The minimum atomic E-state index is -0.404. The summed E-state index contributed by atoms with van der Waals surface area (Å²) in [7, 11) is 0. The quantitative estimate of drug-likeness (QED) is 0.500. The Morgan fingerprint density at radius 3 is 2.19 bits per heavy atom. The van der Waals surface area contributed by atoms with Crippen LogP contribution in [0.4, 0.5) is 11.4 Å². The van der Waals surface area contributed by atoms with Gasteiger partial charge in [0.15, 0.2) is 0 Å². The summed E-state index contributed by atoms with van der Waals surface area (Å²) in [6, 6.07) is 18.1. The van der Waals surface area contributed by atoms with Crippen LogP contribution in [-0.2, 0) is 0 Å². The molecule has 6 nitrogen and oxygen atoms in total. The summed E-state index contributed by atoms with van der Waals surface area (Å²) < 4.78 is 5.73. The number of fused-ring (bicyclic) bond motifs is 1. The first-order valence-corrected chi connectivity index (χ1v) is 10.6. The fourth-order valence-corrected chi connectivity index (χ4v) is 3.59. The van der Waals surface area contributed by atoms with Crippen molar-refractivity contribution in [2.75, 3.05) is 10.2 Å².